The fourth-order valence-corrected chi connectivity index (χ4v) is 7.55. The monoisotopic (exact) mass is 592 g/mol. The van der Waals surface area contributed by atoms with Crippen LogP contribution >= 0.6 is 15.9 Å². The number of hydrogen-bond acceptors (Lipinski definition) is 5. The van der Waals surface area contributed by atoms with Gasteiger partial charge in [0, 0.05) is 13.3 Å². The normalized spacial score (nSPS) is 31.9. The molecule has 214 valence electrons. The second-order valence-electron chi connectivity index (χ2n) is 12.7. The molecule has 0 bridgehead atoms. The van der Waals surface area contributed by atoms with E-state index in [9.17, 15) is 14.7 Å². The van der Waals surface area contributed by atoms with Crippen molar-refractivity contribution in [1.82, 2.24) is 0 Å². The molecule has 3 fully saturated rings. The Morgan fingerprint density at radius 2 is 1.95 bits per heavy atom. The van der Waals surface area contributed by atoms with E-state index < -0.39 is 5.60 Å². The number of ether oxygens (including phenoxy) is 2. The average molecular weight is 594 g/mol. The van der Waals surface area contributed by atoms with Gasteiger partial charge in [-0.3, -0.25) is 9.59 Å². The summed E-state index contributed by atoms with van der Waals surface area (Å²) in [6, 6.07) is 0. The van der Waals surface area contributed by atoms with Gasteiger partial charge in [0.15, 0.2) is 0 Å². The molecule has 3 rings (SSSR count). The average Bonchev–Trinajstić information content (AvgIpc) is 3.20. The minimum absolute atomic E-state index is 0.118. The lowest BCUT2D eigenvalue weighted by Gasteiger charge is -2.44. The molecular weight excluding hydrogens is 544 g/mol. The van der Waals surface area contributed by atoms with Gasteiger partial charge in [0.25, 0.3) is 0 Å². The fourth-order valence-electron chi connectivity index (χ4n) is 7.42. The zero-order valence-electron chi connectivity index (χ0n) is 24.2. The van der Waals surface area contributed by atoms with Gasteiger partial charge in [-0.05, 0) is 106 Å². The van der Waals surface area contributed by atoms with Gasteiger partial charge in [-0.15, -0.1) is 0 Å². The second kappa shape index (κ2) is 13.8. The third-order valence-corrected chi connectivity index (χ3v) is 9.75. The number of esters is 2. The summed E-state index contributed by atoms with van der Waals surface area (Å²) in [5.41, 5.74) is 3.70. The summed E-state index contributed by atoms with van der Waals surface area (Å²) < 4.78 is 10.8. The number of carbonyl (C=O) groups is 2. The first-order chi connectivity index (χ1) is 17.9. The van der Waals surface area contributed by atoms with Crippen LogP contribution in [0.1, 0.15) is 105 Å². The van der Waals surface area contributed by atoms with Gasteiger partial charge in [-0.25, -0.2) is 0 Å². The molecule has 3 aliphatic carbocycles. The Balaban J connectivity index is 1.76. The zero-order chi connectivity index (χ0) is 27.9. The summed E-state index contributed by atoms with van der Waals surface area (Å²) in [6.45, 7) is 10.5. The molecular formula is C32H49BrO5. The van der Waals surface area contributed by atoms with Crippen LogP contribution in [0.2, 0.25) is 0 Å². The maximum Gasteiger partial charge on any atom is 0.316 e. The van der Waals surface area contributed by atoms with E-state index in [-0.39, 0.29) is 30.0 Å². The first-order valence-electron chi connectivity index (χ1n) is 14.6. The van der Waals surface area contributed by atoms with Crippen LogP contribution in [0.25, 0.3) is 0 Å². The summed E-state index contributed by atoms with van der Waals surface area (Å²) in [5.74, 6) is 1.52. The van der Waals surface area contributed by atoms with Crippen LogP contribution in [0.5, 0.6) is 0 Å². The van der Waals surface area contributed by atoms with Crippen molar-refractivity contribution in [3.05, 3.63) is 34.9 Å². The topological polar surface area (TPSA) is 72.8 Å². The van der Waals surface area contributed by atoms with Crippen molar-refractivity contribution >= 4 is 27.9 Å². The van der Waals surface area contributed by atoms with Crippen LogP contribution in [-0.4, -0.2) is 40.7 Å². The molecule has 0 heterocycles. The first kappa shape index (κ1) is 31.1. The fraction of sp³-hybridized carbons (Fsp3) is 0.750. The van der Waals surface area contributed by atoms with Gasteiger partial charge >= 0.3 is 11.9 Å². The number of hydrogen-bond donors (Lipinski definition) is 1. The Kier molecular flexibility index (Phi) is 11.3. The minimum atomic E-state index is -0.577. The smallest absolute Gasteiger partial charge is 0.316 e. The van der Waals surface area contributed by atoms with Crippen molar-refractivity contribution in [2.75, 3.05) is 11.9 Å². The molecule has 5 atom stereocenters. The van der Waals surface area contributed by atoms with E-state index in [1.807, 2.05) is 19.9 Å². The van der Waals surface area contributed by atoms with E-state index in [2.05, 4.69) is 41.9 Å². The molecule has 3 aliphatic rings. The lowest BCUT2D eigenvalue weighted by atomic mass is 9.60. The Hall–Kier alpha value is -1.40. The summed E-state index contributed by atoms with van der Waals surface area (Å²) in [6.07, 6.45) is 18.2. The highest BCUT2D eigenvalue weighted by Crippen LogP contribution is 2.60. The van der Waals surface area contributed by atoms with Crippen molar-refractivity contribution in [3.8, 4) is 0 Å². The molecule has 3 saturated carbocycles. The lowest BCUT2D eigenvalue weighted by molar-refractivity contribution is -0.146. The quantitative estimate of drug-likeness (QED) is 0.209. The Morgan fingerprint density at radius 3 is 2.63 bits per heavy atom. The molecule has 0 aromatic heterocycles. The standard InChI is InChI=1S/C32H49BrO5/c1-22(8-6-17-31(3,4)36)28-14-15-29-25(9-7-18-32(28,29)5)10-11-26-20-27(38-30(35)21-33)13-12-24(26)16-19-37-23(2)34/h10-11,16,22,27-29,36H,6-9,12-15,17-21H2,1-5H3/b24-16+,25-10+,26-11-/t22-,27+,28-,29?,32-/m1/s1. The molecule has 1 unspecified atom stereocenters. The minimum Gasteiger partial charge on any atom is -0.462 e. The third kappa shape index (κ3) is 8.55. The number of rotatable bonds is 10. The van der Waals surface area contributed by atoms with Crippen LogP contribution in [-0.2, 0) is 19.1 Å². The molecule has 38 heavy (non-hydrogen) atoms. The molecule has 0 amide bonds. The predicted molar refractivity (Wildman–Crippen MR) is 156 cm³/mol. The van der Waals surface area contributed by atoms with Crippen LogP contribution in [0.4, 0.5) is 0 Å². The van der Waals surface area contributed by atoms with Gasteiger partial charge in [-0.2, -0.15) is 0 Å². The van der Waals surface area contributed by atoms with Crippen molar-refractivity contribution in [2.24, 2.45) is 23.2 Å². The highest BCUT2D eigenvalue weighted by atomic mass is 79.9. The summed E-state index contributed by atoms with van der Waals surface area (Å²) in [5, 5.41) is 10.3. The van der Waals surface area contributed by atoms with E-state index in [1.165, 1.54) is 50.2 Å². The Labute approximate surface area is 238 Å². The van der Waals surface area contributed by atoms with E-state index in [0.29, 0.717) is 23.7 Å². The number of fused-ring (bicyclic) bond motifs is 1. The van der Waals surface area contributed by atoms with Crippen LogP contribution in [0, 0.1) is 23.2 Å². The molecule has 0 spiro atoms. The van der Waals surface area contributed by atoms with E-state index >= 15 is 0 Å². The number of halogens is 1. The van der Waals surface area contributed by atoms with Crippen LogP contribution < -0.4 is 0 Å². The molecule has 0 saturated heterocycles. The summed E-state index contributed by atoms with van der Waals surface area (Å²) >= 11 is 3.20. The summed E-state index contributed by atoms with van der Waals surface area (Å²) in [7, 11) is 0. The highest BCUT2D eigenvalue weighted by molar-refractivity contribution is 9.09. The molecule has 0 aliphatic heterocycles. The lowest BCUT2D eigenvalue weighted by Crippen LogP contribution is -2.36. The maximum absolute atomic E-state index is 11.9. The Morgan fingerprint density at radius 1 is 1.18 bits per heavy atom. The first-order valence-corrected chi connectivity index (χ1v) is 15.8. The van der Waals surface area contributed by atoms with E-state index in [0.717, 1.165) is 38.0 Å². The van der Waals surface area contributed by atoms with Gasteiger partial charge in [0.05, 0.1) is 5.60 Å². The molecule has 6 heteroatoms. The molecule has 0 radical (unpaired) electrons. The van der Waals surface area contributed by atoms with Gasteiger partial charge in [0.2, 0.25) is 0 Å². The number of carbonyl (C=O) groups excluding carboxylic acids is 2. The highest BCUT2D eigenvalue weighted by Gasteiger charge is 2.50. The molecule has 0 aromatic rings. The Bertz CT molecular complexity index is 927. The zero-order valence-corrected chi connectivity index (χ0v) is 25.8. The van der Waals surface area contributed by atoms with Crippen molar-refractivity contribution < 1.29 is 24.2 Å². The van der Waals surface area contributed by atoms with Gasteiger partial charge in [-0.1, -0.05) is 60.3 Å². The van der Waals surface area contributed by atoms with Gasteiger partial charge < -0.3 is 14.6 Å². The largest absolute Gasteiger partial charge is 0.462 e. The second-order valence-corrected chi connectivity index (χ2v) is 13.3. The predicted octanol–water partition coefficient (Wildman–Crippen LogP) is 7.61. The number of aliphatic hydroxyl groups is 1. The molecule has 0 aromatic carbocycles. The van der Waals surface area contributed by atoms with Crippen LogP contribution in [0.3, 0.4) is 0 Å². The number of allylic oxidation sites excluding steroid dienone is 4. The van der Waals surface area contributed by atoms with Crippen molar-refractivity contribution in [3.63, 3.8) is 0 Å². The summed E-state index contributed by atoms with van der Waals surface area (Å²) in [4.78, 5) is 23.2. The number of alkyl halides is 1. The van der Waals surface area contributed by atoms with Crippen molar-refractivity contribution in [1.29, 1.82) is 0 Å². The van der Waals surface area contributed by atoms with E-state index in [1.54, 1.807) is 5.57 Å². The third-order valence-electron chi connectivity index (χ3n) is 9.29. The molecule has 1 N–H and O–H groups in total. The van der Waals surface area contributed by atoms with Crippen molar-refractivity contribution in [2.45, 2.75) is 117 Å². The van der Waals surface area contributed by atoms with Crippen LogP contribution in [0.15, 0.2) is 34.9 Å². The maximum atomic E-state index is 11.9. The van der Waals surface area contributed by atoms with Gasteiger partial charge in [0.1, 0.15) is 18.0 Å². The van der Waals surface area contributed by atoms with E-state index in [4.69, 9.17) is 9.47 Å². The molecule has 5 nitrogen and oxygen atoms in total. The SMILES string of the molecule is CC(=O)OC\C=C1/CC[C@H](OC(=O)CBr)C/C1=C/C=C1\CCC[C@@]2(C)C1CC[C@@H]2[C@H](C)CCCC(C)(C)O.